The number of aldehydes is 1. The van der Waals surface area contributed by atoms with E-state index in [1.54, 1.807) is 6.07 Å². The standard InChI is InChI=1S/C17H16N2O3/c1-11(2)17-19-18-16(22-17)10-21-15-8-7-12-5-3-4-6-13(12)14(15)9-20/h3-9,11H,10H2,1-2H3. The zero-order valence-electron chi connectivity index (χ0n) is 12.4. The summed E-state index contributed by atoms with van der Waals surface area (Å²) in [5.74, 6) is 1.66. The number of carbonyl (C=O) groups is 1. The van der Waals surface area contributed by atoms with Gasteiger partial charge in [0, 0.05) is 5.92 Å². The number of nitrogens with zero attached hydrogens (tertiary/aromatic N) is 2. The lowest BCUT2D eigenvalue weighted by Crippen LogP contribution is -1.99. The van der Waals surface area contributed by atoms with Crippen molar-refractivity contribution in [2.24, 2.45) is 0 Å². The highest BCUT2D eigenvalue weighted by Crippen LogP contribution is 2.27. The predicted molar refractivity (Wildman–Crippen MR) is 82.1 cm³/mol. The molecule has 3 rings (SSSR count). The first-order chi connectivity index (χ1) is 10.7. The van der Waals surface area contributed by atoms with Gasteiger partial charge in [0.15, 0.2) is 12.9 Å². The molecule has 112 valence electrons. The average molecular weight is 296 g/mol. The summed E-state index contributed by atoms with van der Waals surface area (Å²) >= 11 is 0. The number of aromatic nitrogens is 2. The van der Waals surface area contributed by atoms with Crippen LogP contribution >= 0.6 is 0 Å². The molecule has 0 N–H and O–H groups in total. The van der Waals surface area contributed by atoms with E-state index in [1.165, 1.54) is 0 Å². The molecule has 0 fully saturated rings. The average Bonchev–Trinajstić information content (AvgIpc) is 3.01. The van der Waals surface area contributed by atoms with Crippen molar-refractivity contribution in [2.45, 2.75) is 26.4 Å². The zero-order chi connectivity index (χ0) is 15.5. The van der Waals surface area contributed by atoms with E-state index < -0.39 is 0 Å². The van der Waals surface area contributed by atoms with Gasteiger partial charge in [-0.1, -0.05) is 44.2 Å². The van der Waals surface area contributed by atoms with Crippen molar-refractivity contribution in [3.05, 3.63) is 53.7 Å². The quantitative estimate of drug-likeness (QED) is 0.671. The van der Waals surface area contributed by atoms with E-state index in [0.29, 0.717) is 23.1 Å². The molecule has 2 aromatic carbocycles. The molecule has 5 nitrogen and oxygen atoms in total. The van der Waals surface area contributed by atoms with Crippen molar-refractivity contribution in [3.63, 3.8) is 0 Å². The lowest BCUT2D eigenvalue weighted by molar-refractivity contribution is 0.112. The number of fused-ring (bicyclic) bond motifs is 1. The lowest BCUT2D eigenvalue weighted by Gasteiger charge is -2.09. The Balaban J connectivity index is 1.85. The maximum atomic E-state index is 11.4. The molecule has 1 heterocycles. The second kappa shape index (κ2) is 5.97. The van der Waals surface area contributed by atoms with Crippen molar-refractivity contribution >= 4 is 17.1 Å². The first kappa shape index (κ1) is 14.3. The Morgan fingerprint density at radius 3 is 2.73 bits per heavy atom. The number of hydrogen-bond donors (Lipinski definition) is 0. The SMILES string of the molecule is CC(C)c1nnc(COc2ccc3ccccc3c2C=O)o1. The number of ether oxygens (including phenoxy) is 1. The lowest BCUT2D eigenvalue weighted by atomic mass is 10.0. The van der Waals surface area contributed by atoms with E-state index in [9.17, 15) is 4.79 Å². The molecule has 3 aromatic rings. The highest BCUT2D eigenvalue weighted by atomic mass is 16.5. The van der Waals surface area contributed by atoms with Crippen molar-refractivity contribution in [2.75, 3.05) is 0 Å². The predicted octanol–water partition coefficient (Wildman–Crippen LogP) is 3.74. The normalized spacial score (nSPS) is 11.0. The third kappa shape index (κ3) is 2.70. The van der Waals surface area contributed by atoms with Crippen LogP contribution in [0.4, 0.5) is 0 Å². The van der Waals surface area contributed by atoms with Gasteiger partial charge < -0.3 is 9.15 Å². The van der Waals surface area contributed by atoms with E-state index >= 15 is 0 Å². The van der Waals surface area contributed by atoms with Crippen molar-refractivity contribution in [1.29, 1.82) is 0 Å². The minimum absolute atomic E-state index is 0.138. The van der Waals surface area contributed by atoms with E-state index in [4.69, 9.17) is 9.15 Å². The molecule has 0 saturated carbocycles. The number of rotatable bonds is 5. The molecular formula is C17H16N2O3. The Kier molecular flexibility index (Phi) is 3.87. The summed E-state index contributed by atoms with van der Waals surface area (Å²) in [6.07, 6.45) is 0.811. The molecule has 0 amide bonds. The molecule has 0 atom stereocenters. The molecule has 0 aliphatic heterocycles. The van der Waals surface area contributed by atoms with Gasteiger partial charge >= 0.3 is 0 Å². The minimum atomic E-state index is 0.138. The maximum Gasteiger partial charge on any atom is 0.253 e. The largest absolute Gasteiger partial charge is 0.483 e. The number of carbonyl (C=O) groups excluding carboxylic acids is 1. The molecule has 0 saturated heterocycles. The molecule has 22 heavy (non-hydrogen) atoms. The molecule has 0 aliphatic carbocycles. The van der Waals surface area contributed by atoms with E-state index in [2.05, 4.69) is 10.2 Å². The first-order valence-electron chi connectivity index (χ1n) is 7.11. The van der Waals surface area contributed by atoms with Crippen LogP contribution in [-0.2, 0) is 6.61 Å². The summed E-state index contributed by atoms with van der Waals surface area (Å²) in [6.45, 7) is 4.09. The molecule has 0 aliphatic rings. The zero-order valence-corrected chi connectivity index (χ0v) is 12.4. The van der Waals surface area contributed by atoms with Gasteiger partial charge in [0.25, 0.3) is 5.89 Å². The van der Waals surface area contributed by atoms with Gasteiger partial charge in [-0.15, -0.1) is 10.2 Å². The Labute approximate surface area is 127 Å². The van der Waals surface area contributed by atoms with Crippen LogP contribution in [0.25, 0.3) is 10.8 Å². The van der Waals surface area contributed by atoms with E-state index in [0.717, 1.165) is 17.1 Å². The minimum Gasteiger partial charge on any atom is -0.483 e. The Morgan fingerprint density at radius 1 is 1.18 bits per heavy atom. The highest BCUT2D eigenvalue weighted by Gasteiger charge is 2.12. The summed E-state index contributed by atoms with van der Waals surface area (Å²) in [6, 6.07) is 11.4. The fraction of sp³-hybridized carbons (Fsp3) is 0.235. The second-order valence-corrected chi connectivity index (χ2v) is 5.29. The number of hydrogen-bond acceptors (Lipinski definition) is 5. The van der Waals surface area contributed by atoms with Crippen LogP contribution in [0.1, 0.15) is 41.9 Å². The first-order valence-corrected chi connectivity index (χ1v) is 7.11. The molecule has 0 spiro atoms. The Morgan fingerprint density at radius 2 is 2.00 bits per heavy atom. The molecular weight excluding hydrogens is 280 g/mol. The second-order valence-electron chi connectivity index (χ2n) is 5.29. The van der Waals surface area contributed by atoms with Gasteiger partial charge in [0.1, 0.15) is 5.75 Å². The van der Waals surface area contributed by atoms with Crippen molar-refractivity contribution < 1.29 is 13.9 Å². The van der Waals surface area contributed by atoms with Gasteiger partial charge in [0.05, 0.1) is 5.56 Å². The fourth-order valence-corrected chi connectivity index (χ4v) is 2.22. The van der Waals surface area contributed by atoms with Crippen LogP contribution in [0.2, 0.25) is 0 Å². The third-order valence-corrected chi connectivity index (χ3v) is 3.38. The molecule has 0 unspecified atom stereocenters. The summed E-state index contributed by atoms with van der Waals surface area (Å²) in [5, 5.41) is 9.76. The summed E-state index contributed by atoms with van der Waals surface area (Å²) in [4.78, 5) is 11.4. The Hall–Kier alpha value is -2.69. The van der Waals surface area contributed by atoms with Crippen LogP contribution in [0.15, 0.2) is 40.8 Å². The molecule has 0 radical (unpaired) electrons. The highest BCUT2D eigenvalue weighted by molar-refractivity contribution is 6.00. The van der Waals surface area contributed by atoms with Crippen LogP contribution in [-0.4, -0.2) is 16.5 Å². The van der Waals surface area contributed by atoms with Crippen molar-refractivity contribution in [1.82, 2.24) is 10.2 Å². The third-order valence-electron chi connectivity index (χ3n) is 3.38. The van der Waals surface area contributed by atoms with Gasteiger partial charge in [-0.2, -0.15) is 0 Å². The number of benzene rings is 2. The fourth-order valence-electron chi connectivity index (χ4n) is 2.22. The molecule has 1 aromatic heterocycles. The van der Waals surface area contributed by atoms with Gasteiger partial charge in [0.2, 0.25) is 5.89 Å². The Bertz CT molecular complexity index is 809. The summed E-state index contributed by atoms with van der Waals surface area (Å²) < 4.78 is 11.2. The monoisotopic (exact) mass is 296 g/mol. The molecule has 5 heteroatoms. The van der Waals surface area contributed by atoms with Crippen molar-refractivity contribution in [3.8, 4) is 5.75 Å². The van der Waals surface area contributed by atoms with Crippen LogP contribution in [0, 0.1) is 0 Å². The van der Waals surface area contributed by atoms with Crippen LogP contribution in [0.3, 0.4) is 0 Å². The van der Waals surface area contributed by atoms with Crippen LogP contribution in [0.5, 0.6) is 5.75 Å². The van der Waals surface area contributed by atoms with E-state index in [1.807, 2.05) is 44.2 Å². The van der Waals surface area contributed by atoms with Gasteiger partial charge in [-0.25, -0.2) is 0 Å². The van der Waals surface area contributed by atoms with Gasteiger partial charge in [-0.05, 0) is 16.8 Å². The maximum absolute atomic E-state index is 11.4. The topological polar surface area (TPSA) is 65.2 Å². The smallest absolute Gasteiger partial charge is 0.253 e. The summed E-state index contributed by atoms with van der Waals surface area (Å²) in [5.41, 5.74) is 0.529. The van der Waals surface area contributed by atoms with Crippen LogP contribution < -0.4 is 4.74 Å². The van der Waals surface area contributed by atoms with E-state index in [-0.39, 0.29) is 12.5 Å². The molecule has 0 bridgehead atoms. The summed E-state index contributed by atoms with van der Waals surface area (Å²) in [7, 11) is 0. The van der Waals surface area contributed by atoms with Gasteiger partial charge in [-0.3, -0.25) is 4.79 Å².